The third-order valence-electron chi connectivity index (χ3n) is 15.3. The number of ether oxygens (including phenoxy) is 10. The number of nitrogens with one attached hydrogen (secondary N) is 2. The van der Waals surface area contributed by atoms with Crippen LogP contribution in [0, 0.1) is 0 Å². The van der Waals surface area contributed by atoms with Crippen LogP contribution in [0.5, 0.6) is 11.5 Å². The number of esters is 5. The molecule has 2 N–H and O–H groups in total. The number of amidine groups is 2. The Hall–Kier alpha value is -11.5. The van der Waals surface area contributed by atoms with Crippen molar-refractivity contribution in [3.05, 3.63) is 191 Å². The molecule has 0 unspecified atom stereocenters. The number of benzene rings is 6. The molecule has 2 atom stereocenters. The van der Waals surface area contributed by atoms with Gasteiger partial charge >= 0.3 is 74.6 Å². The van der Waals surface area contributed by atoms with Crippen LogP contribution in [-0.4, -0.2) is 172 Å². The summed E-state index contributed by atoms with van der Waals surface area (Å²) in [5.41, 5.74) is -3.26. The number of nitrogens with zero attached hydrogens (tertiary/aromatic N) is 6. The minimum Gasteiger partial charge on any atom is -0.460 e. The first kappa shape index (κ1) is 94.4. The van der Waals surface area contributed by atoms with Gasteiger partial charge in [0.1, 0.15) is 82.3 Å². The van der Waals surface area contributed by atoms with Crippen LogP contribution >= 0.6 is 0 Å². The summed E-state index contributed by atoms with van der Waals surface area (Å²) in [5.74, 6) is -5.62. The highest BCUT2D eigenvalue weighted by Gasteiger charge is 2.47. The summed E-state index contributed by atoms with van der Waals surface area (Å²) in [6.45, 7) is 21.7. The zero-order valence-electron chi connectivity index (χ0n) is 69.0. The molecule has 0 aliphatic heterocycles. The molecule has 4 amide bonds. The van der Waals surface area contributed by atoms with E-state index in [-0.39, 0.29) is 49.7 Å². The van der Waals surface area contributed by atoms with Crippen molar-refractivity contribution in [3.8, 4) is 11.5 Å². The molecule has 6 aromatic carbocycles. The Bertz CT molecular complexity index is 4740. The molecule has 34 heteroatoms. The van der Waals surface area contributed by atoms with Crippen LogP contribution in [-0.2, 0) is 104 Å². The zero-order valence-corrected chi connectivity index (χ0v) is 70.7. The summed E-state index contributed by atoms with van der Waals surface area (Å²) < 4.78 is 121. The van der Waals surface area contributed by atoms with E-state index in [0.717, 1.165) is 6.92 Å². The Kier molecular flexibility index (Phi) is 33.4. The van der Waals surface area contributed by atoms with Gasteiger partial charge < -0.3 is 58.0 Å². The van der Waals surface area contributed by atoms with E-state index in [0.29, 0.717) is 35.4 Å². The maximum atomic E-state index is 15.9. The number of ketones is 1. The van der Waals surface area contributed by atoms with E-state index in [1.54, 1.807) is 128 Å². The van der Waals surface area contributed by atoms with Crippen molar-refractivity contribution in [3.63, 3.8) is 0 Å². The summed E-state index contributed by atoms with van der Waals surface area (Å²) in [6.07, 6.45) is -6.47. The van der Waals surface area contributed by atoms with Crippen LogP contribution in [0.3, 0.4) is 0 Å². The predicted octanol–water partition coefficient (Wildman–Crippen LogP) is 13.9. The molecule has 0 spiro atoms. The van der Waals surface area contributed by atoms with Crippen molar-refractivity contribution in [2.24, 2.45) is 9.98 Å². The lowest BCUT2D eigenvalue weighted by Gasteiger charge is -2.35. The minimum absolute atomic E-state index is 0.0219. The van der Waals surface area contributed by atoms with Gasteiger partial charge in [0.2, 0.25) is 0 Å². The molecule has 0 aliphatic rings. The summed E-state index contributed by atoms with van der Waals surface area (Å²) >= 11 is 0. The summed E-state index contributed by atoms with van der Waals surface area (Å²) in [4.78, 5) is 145. The minimum atomic E-state index is -5.56. The molecule has 6 rings (SSSR count). The van der Waals surface area contributed by atoms with Gasteiger partial charge in [-0.15, -0.1) is 0 Å². The number of Topliss-reactive ketones (excluding diaryl/α,β-unsaturated/α-hetero) is 1. The maximum Gasteiger partial charge on any atom is 0.435 e. The second kappa shape index (κ2) is 41.4. The fraction of sp³-hybridized carbons (Fsp3) is 0.422. The van der Waals surface area contributed by atoms with E-state index in [9.17, 15) is 47.9 Å². The van der Waals surface area contributed by atoms with E-state index in [4.69, 9.17) is 47.4 Å². The van der Waals surface area contributed by atoms with Crippen molar-refractivity contribution in [2.45, 2.75) is 204 Å². The number of carbonyl (C=O) groups is 10. The van der Waals surface area contributed by atoms with Crippen molar-refractivity contribution >= 4 is 103 Å². The summed E-state index contributed by atoms with van der Waals surface area (Å²) in [7, 11) is -11.0. The first-order chi connectivity index (χ1) is 54.4. The largest absolute Gasteiger partial charge is 0.460 e. The lowest BCUT2D eigenvalue weighted by molar-refractivity contribution is -0.167. The van der Waals surface area contributed by atoms with E-state index in [1.165, 1.54) is 147 Å². The van der Waals surface area contributed by atoms with Gasteiger partial charge in [-0.2, -0.15) is 44.0 Å². The Morgan fingerprint density at radius 1 is 0.393 bits per heavy atom. The first-order valence-electron chi connectivity index (χ1n) is 37.1. The van der Waals surface area contributed by atoms with E-state index in [2.05, 4.69) is 20.6 Å². The predicted molar refractivity (Wildman–Crippen MR) is 433 cm³/mol. The van der Waals surface area contributed by atoms with Gasteiger partial charge in [0, 0.05) is 30.9 Å². The molecule has 0 aliphatic carbocycles. The molecular formula is C83H104N8O24S2. The lowest BCUT2D eigenvalue weighted by Crippen LogP contribution is -2.56. The number of hydrogen-bond acceptors (Lipinski definition) is 24. The maximum absolute atomic E-state index is 15.9. The molecule has 0 aromatic heterocycles. The third-order valence-corrected chi connectivity index (χ3v) is 19.0. The number of carbonyl (C=O) groups excluding carboxylic acids is 10. The third kappa shape index (κ3) is 32.6. The molecule has 0 fully saturated rings. The van der Waals surface area contributed by atoms with Gasteiger partial charge in [0.25, 0.3) is 0 Å². The normalized spacial score (nSPS) is 12.9. The number of aliphatic imine (C=N–C) groups is 2. The quantitative estimate of drug-likeness (QED) is 0.00989. The Morgan fingerprint density at radius 2 is 0.718 bits per heavy atom. The second-order valence-corrected chi connectivity index (χ2v) is 35.2. The molecule has 632 valence electrons. The van der Waals surface area contributed by atoms with Crippen LogP contribution in [0.2, 0.25) is 0 Å². The van der Waals surface area contributed by atoms with Gasteiger partial charge in [-0.25, -0.2) is 28.8 Å². The van der Waals surface area contributed by atoms with Gasteiger partial charge in [-0.05, 0) is 220 Å². The van der Waals surface area contributed by atoms with Gasteiger partial charge in [0.05, 0.1) is 43.9 Å². The smallest absolute Gasteiger partial charge is 0.435 e. The van der Waals surface area contributed by atoms with Crippen LogP contribution in [0.4, 0.5) is 30.6 Å². The van der Waals surface area contributed by atoms with Crippen molar-refractivity contribution in [2.75, 3.05) is 36.9 Å². The molecule has 0 radical (unpaired) electrons. The molecule has 0 saturated heterocycles. The number of rotatable bonds is 32. The molecule has 0 heterocycles. The Balaban J connectivity index is 1.36. The van der Waals surface area contributed by atoms with Gasteiger partial charge in [0.15, 0.2) is 0 Å². The van der Waals surface area contributed by atoms with Crippen LogP contribution < -0.4 is 20.1 Å². The molecule has 32 nitrogen and oxygen atoms in total. The van der Waals surface area contributed by atoms with E-state index in [1.807, 2.05) is 0 Å². The fourth-order valence-electron chi connectivity index (χ4n) is 10.4. The lowest BCUT2D eigenvalue weighted by atomic mass is 10.1. The Labute approximate surface area is 682 Å². The van der Waals surface area contributed by atoms with E-state index < -0.39 is 186 Å². The van der Waals surface area contributed by atoms with Crippen molar-refractivity contribution in [1.29, 1.82) is 0 Å². The fourth-order valence-corrected chi connectivity index (χ4v) is 13.6. The van der Waals surface area contributed by atoms with Crippen LogP contribution in [0.25, 0.3) is 0 Å². The molecule has 117 heavy (non-hydrogen) atoms. The highest BCUT2D eigenvalue weighted by Crippen LogP contribution is 2.29. The average Bonchev–Trinajstić information content (AvgIpc) is 0.789. The topological polar surface area (TPSA) is 393 Å². The van der Waals surface area contributed by atoms with Gasteiger partial charge in [-0.1, -0.05) is 84.9 Å². The molecule has 0 bridgehead atoms. The van der Waals surface area contributed by atoms with Crippen LogP contribution in [0.15, 0.2) is 168 Å². The molecular weight excluding hydrogens is 1560 g/mol. The average molecular weight is 1660 g/mol. The summed E-state index contributed by atoms with van der Waals surface area (Å²) in [6, 6.07) is 34.7. The highest BCUT2D eigenvalue weighted by molar-refractivity contribution is 7.87. The first-order valence-corrected chi connectivity index (χ1v) is 39.9. The number of amides is 4. The van der Waals surface area contributed by atoms with Crippen LogP contribution in [0.1, 0.15) is 180 Å². The summed E-state index contributed by atoms with van der Waals surface area (Å²) in [5, 5.41) is 5.88. The van der Waals surface area contributed by atoms with E-state index >= 15 is 16.8 Å². The van der Waals surface area contributed by atoms with Gasteiger partial charge in [-0.3, -0.25) is 19.2 Å². The molecule has 0 saturated carbocycles. The standard InChI is InChI=1S/C83H104N8O24S2/c1-55(92)49-68(73(96)112-80(7,8)9)88(116(102,103)90(77(100)107-53-60-25-21-19-22-26-60)51-58-29-41-66(42-30-58)109-71(94)62-33-37-64(38-34-62)84-56(2)86-75(98)114-82(13,14)15)45-47-106-48-46-89(69(74(97)113-81(10,11)12)50-70(93)111-79(4,5)6)117(104,105)91(78(101)108-54-61-27-23-20-24-28-61)52-59-31-43-67(44-32-59)110-72(95)63-35-39-65(40-36-63)85-57(3)87-76(99)115-83(16,17)18/h19-44,68-69H,45-54H2,1-18H3,(H,84,86,98)(H,85,87,99)/t68-,69-/m0/s1. The zero-order chi connectivity index (χ0) is 87.0. The second-order valence-electron chi connectivity index (χ2n) is 31.6. The molecule has 6 aromatic rings. The number of anilines is 2. The Morgan fingerprint density at radius 3 is 1.03 bits per heavy atom. The highest BCUT2D eigenvalue weighted by atomic mass is 32.2. The number of hydrogen-bond donors (Lipinski definition) is 2. The van der Waals surface area contributed by atoms with Crippen molar-refractivity contribution < 1.29 is 112 Å². The van der Waals surface area contributed by atoms with Crippen molar-refractivity contribution in [1.82, 2.24) is 17.2 Å². The SMILES string of the molecule is CC(=O)C[C@@H](C(=O)OC(C)(C)C)N(CCOCCN([C@@H](CC(=O)OC(C)(C)C)C(=O)OC(C)(C)C)S(=O)(=O)N(Cc1ccc(OC(=O)c2ccc(NC(C)=NC(=O)OC(C)(C)C)cc2)cc1)C(=O)OCc1ccccc1)S(=O)(=O)N(Cc1ccc(OC(=O)c2ccc(NC(C)=NC(=O)OC(C)(C)C)cc2)cc1)C(=O)OCc1ccccc1. The monoisotopic (exact) mass is 1660 g/mol.